The molecule has 0 heterocycles. The summed E-state index contributed by atoms with van der Waals surface area (Å²) >= 11 is 0. The van der Waals surface area contributed by atoms with Gasteiger partial charge in [0.2, 0.25) is 5.91 Å². The molecule has 1 amide bonds. The number of aliphatic carboxylic acids is 1. The van der Waals surface area contributed by atoms with Gasteiger partial charge in [-0.1, -0.05) is 19.3 Å². The van der Waals surface area contributed by atoms with Gasteiger partial charge in [-0.2, -0.15) is 0 Å². The minimum Gasteiger partial charge on any atom is -0.478 e. The van der Waals surface area contributed by atoms with Crippen LogP contribution in [-0.4, -0.2) is 34.5 Å². The predicted octanol–water partition coefficient (Wildman–Crippen LogP) is 2.98. The van der Waals surface area contributed by atoms with Gasteiger partial charge < -0.3 is 10.0 Å². The molecule has 0 radical (unpaired) electrons. The largest absolute Gasteiger partial charge is 0.478 e. The molecule has 4 heteroatoms. The van der Waals surface area contributed by atoms with Crippen LogP contribution in [0.4, 0.5) is 0 Å². The third-order valence-electron chi connectivity index (χ3n) is 4.63. The second-order valence-corrected chi connectivity index (χ2v) is 6.25. The molecule has 4 nitrogen and oxygen atoms in total. The van der Waals surface area contributed by atoms with E-state index in [-0.39, 0.29) is 11.5 Å². The van der Waals surface area contributed by atoms with Crippen LogP contribution in [0.1, 0.15) is 58.8 Å². The summed E-state index contributed by atoms with van der Waals surface area (Å²) in [5.74, 6) is -0.464. The van der Waals surface area contributed by atoms with Gasteiger partial charge in [0.25, 0.3) is 0 Å². The Morgan fingerprint density at radius 3 is 2.10 bits per heavy atom. The highest BCUT2D eigenvalue weighted by atomic mass is 16.4. The van der Waals surface area contributed by atoms with Crippen LogP contribution in [-0.2, 0) is 9.59 Å². The quantitative estimate of drug-likeness (QED) is 0.787. The molecule has 0 bridgehead atoms. The van der Waals surface area contributed by atoms with Gasteiger partial charge in [-0.3, -0.25) is 4.79 Å². The van der Waals surface area contributed by atoms with Gasteiger partial charge in [0.05, 0.1) is 0 Å². The molecular formula is C16H25NO3. The molecule has 0 saturated heterocycles. The Kier molecular flexibility index (Phi) is 4.84. The van der Waals surface area contributed by atoms with E-state index in [1.807, 2.05) is 4.90 Å². The number of amides is 1. The van der Waals surface area contributed by atoms with Crippen LogP contribution in [0.5, 0.6) is 0 Å². The molecule has 2 rings (SSSR count). The molecule has 0 aliphatic heterocycles. The van der Waals surface area contributed by atoms with E-state index in [0.717, 1.165) is 19.4 Å². The first-order valence-corrected chi connectivity index (χ1v) is 7.72. The Bertz CT molecular complexity index is 417. The standard InChI is InChI=1S/C16H25NO3/c1-11(12(2)16(19)20)15(18)17(14-8-9-14)10-13-6-4-3-5-7-13/h13-14H,3-10H2,1-2H3,(H,19,20). The maximum atomic E-state index is 12.5. The van der Waals surface area contributed by atoms with E-state index in [1.54, 1.807) is 6.92 Å². The Hall–Kier alpha value is -1.32. The van der Waals surface area contributed by atoms with Crippen molar-refractivity contribution in [1.29, 1.82) is 0 Å². The first-order chi connectivity index (χ1) is 9.50. The summed E-state index contributed by atoms with van der Waals surface area (Å²) in [5.41, 5.74) is 0.560. The molecule has 2 fully saturated rings. The van der Waals surface area contributed by atoms with E-state index >= 15 is 0 Å². The summed E-state index contributed by atoms with van der Waals surface area (Å²) in [4.78, 5) is 25.5. The predicted molar refractivity (Wildman–Crippen MR) is 77.3 cm³/mol. The SMILES string of the molecule is CC(C(=O)O)=C(C)C(=O)N(CC1CCCCC1)C1CC1. The minimum absolute atomic E-state index is 0.0713. The lowest BCUT2D eigenvalue weighted by Gasteiger charge is -2.30. The lowest BCUT2D eigenvalue weighted by Crippen LogP contribution is -2.38. The molecule has 0 spiro atoms. The second-order valence-electron chi connectivity index (χ2n) is 6.25. The molecule has 0 aromatic heterocycles. The van der Waals surface area contributed by atoms with Crippen molar-refractivity contribution in [3.05, 3.63) is 11.1 Å². The van der Waals surface area contributed by atoms with Gasteiger partial charge in [0.15, 0.2) is 0 Å². The van der Waals surface area contributed by atoms with Crippen LogP contribution in [0.3, 0.4) is 0 Å². The number of rotatable bonds is 5. The first kappa shape index (κ1) is 15.1. The van der Waals surface area contributed by atoms with E-state index in [1.165, 1.54) is 39.0 Å². The van der Waals surface area contributed by atoms with Crippen LogP contribution in [0, 0.1) is 5.92 Å². The summed E-state index contributed by atoms with van der Waals surface area (Å²) in [7, 11) is 0. The smallest absolute Gasteiger partial charge is 0.331 e. The molecule has 0 unspecified atom stereocenters. The molecule has 1 N–H and O–H groups in total. The van der Waals surface area contributed by atoms with Crippen molar-refractivity contribution in [2.45, 2.75) is 64.8 Å². The van der Waals surface area contributed by atoms with Crippen molar-refractivity contribution in [3.63, 3.8) is 0 Å². The summed E-state index contributed by atoms with van der Waals surface area (Å²) < 4.78 is 0. The van der Waals surface area contributed by atoms with Crippen molar-refractivity contribution in [1.82, 2.24) is 4.90 Å². The summed E-state index contributed by atoms with van der Waals surface area (Å²) in [6.45, 7) is 3.97. The van der Waals surface area contributed by atoms with Crippen molar-refractivity contribution >= 4 is 11.9 Å². The van der Waals surface area contributed by atoms with Gasteiger partial charge in [-0.25, -0.2) is 4.79 Å². The summed E-state index contributed by atoms with van der Waals surface area (Å²) in [5, 5.41) is 9.03. The van der Waals surface area contributed by atoms with Gasteiger partial charge in [0, 0.05) is 23.7 Å². The minimum atomic E-state index is -0.996. The fraction of sp³-hybridized carbons (Fsp3) is 0.750. The van der Waals surface area contributed by atoms with Gasteiger partial charge in [-0.05, 0) is 45.4 Å². The summed E-state index contributed by atoms with van der Waals surface area (Å²) in [6, 6.07) is 0.348. The number of carboxylic acid groups (broad SMARTS) is 1. The van der Waals surface area contributed by atoms with Crippen molar-refractivity contribution in [2.75, 3.05) is 6.54 Å². The van der Waals surface area contributed by atoms with Crippen molar-refractivity contribution in [2.24, 2.45) is 5.92 Å². The molecule has 2 saturated carbocycles. The van der Waals surface area contributed by atoms with E-state index in [4.69, 9.17) is 5.11 Å². The first-order valence-electron chi connectivity index (χ1n) is 7.72. The van der Waals surface area contributed by atoms with Crippen LogP contribution < -0.4 is 0 Å². The summed E-state index contributed by atoms with van der Waals surface area (Å²) in [6.07, 6.45) is 8.38. The van der Waals surface area contributed by atoms with E-state index in [9.17, 15) is 9.59 Å². The number of hydrogen-bond donors (Lipinski definition) is 1. The number of carboxylic acids is 1. The molecule has 0 atom stereocenters. The third-order valence-corrected chi connectivity index (χ3v) is 4.63. The molecule has 2 aliphatic carbocycles. The zero-order valence-electron chi connectivity index (χ0n) is 12.5. The lowest BCUT2D eigenvalue weighted by atomic mass is 9.88. The van der Waals surface area contributed by atoms with E-state index in [2.05, 4.69) is 0 Å². The molecule has 2 aliphatic rings. The van der Waals surface area contributed by atoms with Gasteiger partial charge in [0.1, 0.15) is 0 Å². The number of nitrogens with zero attached hydrogens (tertiary/aromatic N) is 1. The maximum absolute atomic E-state index is 12.5. The molecule has 112 valence electrons. The van der Waals surface area contributed by atoms with Crippen LogP contribution in [0.25, 0.3) is 0 Å². The zero-order chi connectivity index (χ0) is 14.7. The monoisotopic (exact) mass is 279 g/mol. The Labute approximate surface area is 120 Å². The topological polar surface area (TPSA) is 57.6 Å². The number of hydrogen-bond acceptors (Lipinski definition) is 2. The van der Waals surface area contributed by atoms with Gasteiger partial charge >= 0.3 is 5.97 Å². The number of carbonyl (C=O) groups is 2. The Morgan fingerprint density at radius 1 is 1.00 bits per heavy atom. The molecule has 0 aromatic carbocycles. The zero-order valence-corrected chi connectivity index (χ0v) is 12.5. The normalized spacial score (nSPS) is 21.3. The molecule has 20 heavy (non-hydrogen) atoms. The highest BCUT2D eigenvalue weighted by molar-refractivity contribution is 6.01. The lowest BCUT2D eigenvalue weighted by molar-refractivity contribution is -0.134. The fourth-order valence-corrected chi connectivity index (χ4v) is 2.97. The van der Waals surface area contributed by atoms with Crippen molar-refractivity contribution < 1.29 is 14.7 Å². The highest BCUT2D eigenvalue weighted by Crippen LogP contribution is 2.32. The van der Waals surface area contributed by atoms with Crippen LogP contribution >= 0.6 is 0 Å². The van der Waals surface area contributed by atoms with Crippen LogP contribution in [0.15, 0.2) is 11.1 Å². The fourth-order valence-electron chi connectivity index (χ4n) is 2.97. The Balaban J connectivity index is 2.06. The third kappa shape index (κ3) is 3.62. The average molecular weight is 279 g/mol. The highest BCUT2D eigenvalue weighted by Gasteiger charge is 2.35. The average Bonchev–Trinajstić information content (AvgIpc) is 3.28. The number of carbonyl (C=O) groups excluding carboxylic acids is 1. The van der Waals surface area contributed by atoms with E-state index in [0.29, 0.717) is 17.5 Å². The maximum Gasteiger partial charge on any atom is 0.331 e. The Morgan fingerprint density at radius 2 is 1.60 bits per heavy atom. The molecule has 0 aromatic rings. The molecular weight excluding hydrogens is 254 g/mol. The van der Waals surface area contributed by atoms with Crippen LogP contribution in [0.2, 0.25) is 0 Å². The van der Waals surface area contributed by atoms with Gasteiger partial charge in [-0.15, -0.1) is 0 Å². The van der Waals surface area contributed by atoms with Crippen molar-refractivity contribution in [3.8, 4) is 0 Å². The second kappa shape index (κ2) is 6.42. The van der Waals surface area contributed by atoms with E-state index < -0.39 is 5.97 Å².